The fourth-order valence-corrected chi connectivity index (χ4v) is 4.80. The minimum Gasteiger partial charge on any atom is -0.497 e. The molecule has 0 unspecified atom stereocenters. The first kappa shape index (κ1) is 34.9. The average molecular weight is 669 g/mol. The lowest BCUT2D eigenvalue weighted by Crippen LogP contribution is -2.53. The first-order valence-corrected chi connectivity index (χ1v) is 14.4. The summed E-state index contributed by atoms with van der Waals surface area (Å²) in [4.78, 5) is 63.6. The highest BCUT2D eigenvalue weighted by molar-refractivity contribution is 5.94. The van der Waals surface area contributed by atoms with E-state index in [9.17, 15) is 38.8 Å². The number of nitrogens with one attached hydrogen (secondary N) is 3. The normalized spacial score (nSPS) is 17.8. The Morgan fingerprint density at radius 1 is 1.00 bits per heavy atom. The molecule has 16 heteroatoms. The van der Waals surface area contributed by atoms with E-state index >= 15 is 0 Å². The van der Waals surface area contributed by atoms with Crippen LogP contribution >= 0.6 is 0 Å². The number of alkyl carbamates (subject to hydrolysis) is 1. The van der Waals surface area contributed by atoms with Crippen molar-refractivity contribution in [2.45, 2.75) is 50.9 Å². The number of carboxylic acids is 1. The molecule has 3 aromatic carbocycles. The monoisotopic (exact) mass is 668 g/mol. The smallest absolute Gasteiger partial charge is 0.408 e. The Balaban J connectivity index is 1.90. The van der Waals surface area contributed by atoms with Gasteiger partial charge in [-0.25, -0.2) is 9.59 Å². The predicted octanol–water partition coefficient (Wildman–Crippen LogP) is 4.09. The van der Waals surface area contributed by atoms with Crippen molar-refractivity contribution in [1.82, 2.24) is 16.0 Å². The number of nitro groups is 1. The summed E-state index contributed by atoms with van der Waals surface area (Å²) in [6.07, 6.45) is -1.43. The molecule has 4 N–H and O–H groups in total. The number of benzene rings is 3. The summed E-state index contributed by atoms with van der Waals surface area (Å²) in [6, 6.07) is 6.60. The average Bonchev–Trinajstić information content (AvgIpc) is 3.01. The quantitative estimate of drug-likeness (QED) is 0.208. The van der Waals surface area contributed by atoms with Crippen molar-refractivity contribution in [1.29, 1.82) is 0 Å². The lowest BCUT2D eigenvalue weighted by Gasteiger charge is -2.27. The Kier molecular flexibility index (Phi) is 10.4. The third kappa shape index (κ3) is 8.45. The molecule has 0 saturated carbocycles. The van der Waals surface area contributed by atoms with Gasteiger partial charge in [0.25, 0.3) is 0 Å². The first-order chi connectivity index (χ1) is 22.6. The van der Waals surface area contributed by atoms with Crippen LogP contribution in [0.3, 0.4) is 0 Å². The maximum absolute atomic E-state index is 14.1. The molecular formula is C32H33FN4O11. The summed E-state index contributed by atoms with van der Waals surface area (Å²) in [5, 5.41) is 28.9. The number of methoxy groups -OCH3 is 2. The molecule has 0 saturated heterocycles. The topological polar surface area (TPSA) is 205 Å². The number of halogens is 1. The molecule has 4 bridgehead atoms. The Morgan fingerprint density at radius 3 is 2.35 bits per heavy atom. The molecule has 0 radical (unpaired) electrons. The van der Waals surface area contributed by atoms with Gasteiger partial charge in [0.2, 0.25) is 17.6 Å². The maximum Gasteiger partial charge on any atom is 0.408 e. The molecule has 3 atom stereocenters. The number of rotatable bonds is 7. The number of hydrogen-bond acceptors (Lipinski definition) is 10. The van der Waals surface area contributed by atoms with Gasteiger partial charge in [-0.1, -0.05) is 12.1 Å². The molecule has 3 amide bonds. The van der Waals surface area contributed by atoms with E-state index in [1.54, 1.807) is 20.8 Å². The molecule has 0 aromatic heterocycles. The lowest BCUT2D eigenvalue weighted by molar-refractivity contribution is -0.387. The van der Waals surface area contributed by atoms with Crippen molar-refractivity contribution < 1.29 is 52.5 Å². The number of hydrogen-bond donors (Lipinski definition) is 4. The largest absolute Gasteiger partial charge is 0.497 e. The highest BCUT2D eigenvalue weighted by Crippen LogP contribution is 2.37. The van der Waals surface area contributed by atoms with E-state index in [2.05, 4.69) is 16.0 Å². The lowest BCUT2D eigenvalue weighted by atomic mass is 10.00. The van der Waals surface area contributed by atoms with E-state index in [1.807, 2.05) is 0 Å². The van der Waals surface area contributed by atoms with Crippen LogP contribution in [0.15, 0.2) is 54.6 Å². The predicted molar refractivity (Wildman–Crippen MR) is 165 cm³/mol. The number of aliphatic carboxylic acids is 1. The van der Waals surface area contributed by atoms with Crippen LogP contribution in [0.25, 0.3) is 0 Å². The minimum atomic E-state index is -1.70. The molecule has 0 spiro atoms. The van der Waals surface area contributed by atoms with Crippen LogP contribution in [-0.4, -0.2) is 59.8 Å². The van der Waals surface area contributed by atoms with Gasteiger partial charge in [0, 0.05) is 18.6 Å². The molecule has 1 aliphatic heterocycles. The van der Waals surface area contributed by atoms with Gasteiger partial charge >= 0.3 is 17.7 Å². The van der Waals surface area contributed by atoms with Crippen molar-refractivity contribution in [3.8, 4) is 23.0 Å². The minimum absolute atomic E-state index is 0.0318. The SMILES string of the molecule is COc1cc2cc(c1)[C@@H](C(=O)O)NC(=O)[C@@H](Cc1ccc(F)c([N+](=O)[O-])c1)NC(=O)[C@H](NC(=O)OC(C)(C)C)c1ccc(OC)c(c1)O2. The van der Waals surface area contributed by atoms with Gasteiger partial charge in [0.1, 0.15) is 29.2 Å². The van der Waals surface area contributed by atoms with Crippen molar-refractivity contribution in [3.05, 3.63) is 87.2 Å². The summed E-state index contributed by atoms with van der Waals surface area (Å²) in [6.45, 7) is 4.84. The molecule has 3 aromatic rings. The van der Waals surface area contributed by atoms with Crippen molar-refractivity contribution in [2.24, 2.45) is 0 Å². The van der Waals surface area contributed by atoms with Gasteiger partial charge in [0.15, 0.2) is 17.5 Å². The molecule has 0 fully saturated rings. The number of nitrogens with zero attached hydrogens (tertiary/aromatic N) is 1. The van der Waals surface area contributed by atoms with Crippen molar-refractivity contribution in [2.75, 3.05) is 14.2 Å². The Morgan fingerprint density at radius 2 is 1.73 bits per heavy atom. The Labute approximate surface area is 273 Å². The van der Waals surface area contributed by atoms with Gasteiger partial charge in [-0.15, -0.1) is 0 Å². The van der Waals surface area contributed by atoms with E-state index in [1.165, 1.54) is 56.7 Å². The van der Waals surface area contributed by atoms with E-state index in [-0.39, 0.29) is 39.7 Å². The van der Waals surface area contributed by atoms with Gasteiger partial charge in [-0.3, -0.25) is 19.7 Å². The molecular weight excluding hydrogens is 635 g/mol. The zero-order valence-electron chi connectivity index (χ0n) is 26.5. The summed E-state index contributed by atoms with van der Waals surface area (Å²) in [5.41, 5.74) is -1.57. The van der Waals surface area contributed by atoms with Gasteiger partial charge in [-0.05, 0) is 67.8 Å². The van der Waals surface area contributed by atoms with Gasteiger partial charge in [-0.2, -0.15) is 4.39 Å². The molecule has 0 aliphatic carbocycles. The van der Waals surface area contributed by atoms with Gasteiger partial charge < -0.3 is 40.0 Å². The molecule has 15 nitrogen and oxygen atoms in total. The fraction of sp³-hybridized carbons (Fsp3) is 0.312. The fourth-order valence-electron chi connectivity index (χ4n) is 4.80. The summed E-state index contributed by atoms with van der Waals surface area (Å²) in [5.74, 6) is -4.03. The number of carbonyl (C=O) groups is 4. The second kappa shape index (κ2) is 14.2. The van der Waals surface area contributed by atoms with Gasteiger partial charge in [0.05, 0.1) is 19.1 Å². The van der Waals surface area contributed by atoms with Crippen LogP contribution in [-0.2, 0) is 25.5 Å². The van der Waals surface area contributed by atoms with Crippen molar-refractivity contribution >= 4 is 29.6 Å². The number of nitro benzene ring substituents is 1. The van der Waals surface area contributed by atoms with Crippen LogP contribution in [0.2, 0.25) is 0 Å². The van der Waals surface area contributed by atoms with E-state index in [4.69, 9.17) is 18.9 Å². The second-order valence-corrected chi connectivity index (χ2v) is 11.6. The zero-order valence-corrected chi connectivity index (χ0v) is 26.5. The maximum atomic E-state index is 14.1. The number of ether oxygens (including phenoxy) is 4. The molecule has 4 rings (SSSR count). The summed E-state index contributed by atoms with van der Waals surface area (Å²) in [7, 11) is 2.72. The van der Waals surface area contributed by atoms with Crippen LogP contribution in [0, 0.1) is 15.9 Å². The Bertz CT molecular complexity index is 1760. The molecule has 48 heavy (non-hydrogen) atoms. The first-order valence-electron chi connectivity index (χ1n) is 14.4. The number of fused-ring (bicyclic) bond motifs is 4. The van der Waals surface area contributed by atoms with Crippen LogP contribution in [0.4, 0.5) is 14.9 Å². The van der Waals surface area contributed by atoms with Crippen LogP contribution < -0.4 is 30.2 Å². The highest BCUT2D eigenvalue weighted by atomic mass is 19.1. The molecule has 1 heterocycles. The number of amides is 3. The zero-order chi connectivity index (χ0) is 35.3. The molecule has 254 valence electrons. The highest BCUT2D eigenvalue weighted by Gasteiger charge is 2.34. The van der Waals surface area contributed by atoms with E-state index in [0.29, 0.717) is 0 Å². The Hall–Kier alpha value is -5.93. The second-order valence-electron chi connectivity index (χ2n) is 11.6. The van der Waals surface area contributed by atoms with E-state index < -0.39 is 70.5 Å². The molecule has 1 aliphatic rings. The van der Waals surface area contributed by atoms with Crippen LogP contribution in [0.5, 0.6) is 23.0 Å². The standard InChI is InChI=1S/C32H33FN4O11/c1-32(2,3)48-31(42)36-26-17-7-9-24(46-5)25(14-17)47-20-13-18(12-19(15-20)45-4)27(30(40)41)35-28(38)22(34-29(26)39)10-16-6-8-21(33)23(11-16)37(43)44/h6-9,11-15,22,26-27H,10H2,1-5H3,(H,34,39)(H,35,38)(H,36,42)(H,40,41)/t22-,26-,27+/m1/s1. The van der Waals surface area contributed by atoms with E-state index in [0.717, 1.165) is 12.1 Å². The summed E-state index contributed by atoms with van der Waals surface area (Å²) >= 11 is 0. The van der Waals surface area contributed by atoms with Crippen molar-refractivity contribution in [3.63, 3.8) is 0 Å². The summed E-state index contributed by atoms with van der Waals surface area (Å²) < 4.78 is 36.3. The number of carboxylic acid groups (broad SMARTS) is 1. The van der Waals surface area contributed by atoms with Crippen LogP contribution in [0.1, 0.15) is 49.5 Å². The third-order valence-electron chi connectivity index (χ3n) is 6.96. The number of carbonyl (C=O) groups excluding carboxylic acids is 3. The third-order valence-corrected chi connectivity index (χ3v) is 6.96.